The molecule has 0 aromatic heterocycles. The number of hydrogen-bond donors (Lipinski definition) is 2. The summed E-state index contributed by atoms with van der Waals surface area (Å²) in [5.74, 6) is 7.48. The molecule has 9 nitrogen and oxygen atoms in total. The molecule has 0 unspecified atom stereocenters. The van der Waals surface area contributed by atoms with E-state index in [4.69, 9.17) is 15.9 Å². The van der Waals surface area contributed by atoms with E-state index in [0.717, 1.165) is 0 Å². The zero-order chi connectivity index (χ0) is 13.0. The van der Waals surface area contributed by atoms with Gasteiger partial charge in [0.25, 0.3) is 0 Å². The Morgan fingerprint density at radius 3 is 2.29 bits per heavy atom. The average Bonchev–Trinajstić information content (AvgIpc) is 2.33. The highest BCUT2D eigenvalue weighted by Crippen LogP contribution is 1.92. The maximum absolute atomic E-state index is 10.9. The van der Waals surface area contributed by atoms with Crippen molar-refractivity contribution in [3.8, 4) is 12.1 Å². The topological polar surface area (TPSA) is 194 Å². The molecule has 0 radical (unpaired) electrons. The summed E-state index contributed by atoms with van der Waals surface area (Å²) in [6, 6.07) is 2.86. The number of carbonyl (C=O) groups excluding carboxylic acids is 1. The first-order valence-corrected chi connectivity index (χ1v) is 3.93. The van der Waals surface area contributed by atoms with Gasteiger partial charge in [-0.05, 0) is 6.92 Å². The molecule has 0 amide bonds. The van der Waals surface area contributed by atoms with Crippen LogP contribution in [0.2, 0.25) is 0 Å². The SMILES string of the molecule is CCOC(=O)C(C#N)=NC(=C=[N-])C#N.N[NH3+].O. The number of carbonyl (C=O) groups is 1. The van der Waals surface area contributed by atoms with Gasteiger partial charge in [-0.3, -0.25) is 5.84 Å². The first-order chi connectivity index (χ1) is 7.69. The van der Waals surface area contributed by atoms with Crippen LogP contribution in [0, 0.1) is 22.7 Å². The second-order valence-electron chi connectivity index (χ2n) is 1.86. The fourth-order valence-electron chi connectivity index (χ4n) is 0.503. The van der Waals surface area contributed by atoms with Crippen molar-refractivity contribution < 1.29 is 20.9 Å². The van der Waals surface area contributed by atoms with Gasteiger partial charge in [0.15, 0.2) is 5.70 Å². The number of nitriles is 2. The quantitative estimate of drug-likeness (QED) is 0.179. The third kappa shape index (κ3) is 8.44. The second-order valence-corrected chi connectivity index (χ2v) is 1.86. The Kier molecular flexibility index (Phi) is 15.8. The van der Waals surface area contributed by atoms with E-state index in [2.05, 4.69) is 21.4 Å². The zero-order valence-corrected chi connectivity index (χ0v) is 9.10. The molecule has 0 aromatic carbocycles. The van der Waals surface area contributed by atoms with Gasteiger partial charge in [-0.2, -0.15) is 16.4 Å². The molecular weight excluding hydrogens is 228 g/mol. The molecular formula is C8H12N6O3. The van der Waals surface area contributed by atoms with Crippen LogP contribution in [-0.4, -0.2) is 29.6 Å². The van der Waals surface area contributed by atoms with Gasteiger partial charge in [0.2, 0.25) is 5.71 Å². The van der Waals surface area contributed by atoms with Gasteiger partial charge in [-0.15, -0.1) is 0 Å². The fraction of sp³-hybridized carbons (Fsp3) is 0.250. The summed E-state index contributed by atoms with van der Waals surface area (Å²) in [7, 11) is 0. The number of ether oxygens (including phenoxy) is 1. The van der Waals surface area contributed by atoms with Crippen molar-refractivity contribution in [3.05, 3.63) is 11.1 Å². The van der Waals surface area contributed by atoms with Crippen molar-refractivity contribution in [1.29, 1.82) is 10.5 Å². The maximum atomic E-state index is 10.9. The summed E-state index contributed by atoms with van der Waals surface area (Å²) >= 11 is 0. The number of nitrogens with two attached hydrogens (primary N) is 1. The lowest BCUT2D eigenvalue weighted by molar-refractivity contribution is -0.379. The molecule has 0 heterocycles. The Morgan fingerprint density at radius 1 is 1.47 bits per heavy atom. The van der Waals surface area contributed by atoms with E-state index in [9.17, 15) is 4.79 Å². The Hall–Kier alpha value is -2.55. The Balaban J connectivity index is -0.000000616. The van der Waals surface area contributed by atoms with Crippen LogP contribution in [-0.2, 0) is 9.53 Å². The molecule has 92 valence electrons. The number of allylic oxidation sites excluding steroid dienone is 1. The first kappa shape index (κ1) is 19.9. The van der Waals surface area contributed by atoms with Crippen molar-refractivity contribution in [1.82, 2.24) is 0 Å². The lowest BCUT2D eigenvalue weighted by Gasteiger charge is -1.97. The lowest BCUT2D eigenvalue weighted by Crippen LogP contribution is -2.59. The Labute approximate surface area is 97.4 Å². The molecule has 0 aliphatic rings. The van der Waals surface area contributed by atoms with Gasteiger partial charge in [-0.1, -0.05) is 0 Å². The van der Waals surface area contributed by atoms with Crippen LogP contribution in [0.1, 0.15) is 6.92 Å². The summed E-state index contributed by atoms with van der Waals surface area (Å²) < 4.78 is 4.46. The fourth-order valence-corrected chi connectivity index (χ4v) is 0.503. The van der Waals surface area contributed by atoms with Crippen LogP contribution in [0.3, 0.4) is 0 Å². The van der Waals surface area contributed by atoms with Gasteiger partial charge in [0.1, 0.15) is 12.1 Å². The minimum absolute atomic E-state index is 0. The van der Waals surface area contributed by atoms with Crippen LogP contribution in [0.5, 0.6) is 0 Å². The number of aliphatic imine (C=N–C) groups is 1. The number of quaternary nitrogens is 1. The highest BCUT2D eigenvalue weighted by atomic mass is 16.5. The summed E-state index contributed by atoms with van der Waals surface area (Å²) in [5.41, 5.74) is -1.17. The smallest absolute Gasteiger partial charge is 0.368 e. The molecule has 0 aromatic rings. The van der Waals surface area contributed by atoms with Gasteiger partial charge in [0.05, 0.1) is 6.61 Å². The molecule has 7 N–H and O–H groups in total. The molecule has 0 aliphatic heterocycles. The molecule has 0 fully saturated rings. The van der Waals surface area contributed by atoms with E-state index >= 15 is 0 Å². The van der Waals surface area contributed by atoms with Crippen molar-refractivity contribution in [2.45, 2.75) is 6.92 Å². The highest BCUT2D eigenvalue weighted by molar-refractivity contribution is 6.43. The number of nitrogens with zero attached hydrogens (tertiary/aromatic N) is 4. The third-order valence-corrected chi connectivity index (χ3v) is 1.01. The van der Waals surface area contributed by atoms with Crippen molar-refractivity contribution in [3.63, 3.8) is 0 Å². The van der Waals surface area contributed by atoms with Gasteiger partial charge in [-0.25, -0.2) is 15.7 Å². The summed E-state index contributed by atoms with van der Waals surface area (Å²) in [6.45, 7) is 1.65. The number of hydrogen-bond acceptors (Lipinski definition) is 6. The van der Waals surface area contributed by atoms with E-state index in [1.54, 1.807) is 6.92 Å². The summed E-state index contributed by atoms with van der Waals surface area (Å²) in [4.78, 5) is 14.2. The Bertz CT molecular complexity index is 396. The zero-order valence-electron chi connectivity index (χ0n) is 9.10. The monoisotopic (exact) mass is 240 g/mol. The van der Waals surface area contributed by atoms with Crippen LogP contribution in [0.15, 0.2) is 10.7 Å². The molecule has 0 rings (SSSR count). The van der Waals surface area contributed by atoms with E-state index in [0.29, 0.717) is 0 Å². The highest BCUT2D eigenvalue weighted by Gasteiger charge is 2.11. The molecule has 0 atom stereocenters. The molecule has 0 aliphatic carbocycles. The maximum Gasteiger partial charge on any atom is 0.368 e. The van der Waals surface area contributed by atoms with Crippen LogP contribution < -0.4 is 11.7 Å². The minimum Gasteiger partial charge on any atom is -0.761 e. The van der Waals surface area contributed by atoms with Crippen molar-refractivity contribution >= 4 is 17.6 Å². The summed E-state index contributed by atoms with van der Waals surface area (Å²) in [6.07, 6.45) is 0. The standard InChI is InChI=1S/C8H5N4O2.H4N2.H2O/c1-2-14-8(13)7(5-11)12-6(3-9)4-10;1-2;/h2H2,1H3;1-2H2;1H2/q-1;;/p+1. The average molecular weight is 240 g/mol. The van der Waals surface area contributed by atoms with Gasteiger partial charge in [0, 0.05) is 0 Å². The number of esters is 1. The molecule has 0 bridgehead atoms. The van der Waals surface area contributed by atoms with Gasteiger partial charge < -0.3 is 15.6 Å². The molecule has 0 saturated carbocycles. The lowest BCUT2D eigenvalue weighted by atomic mass is 10.4. The van der Waals surface area contributed by atoms with Crippen LogP contribution in [0.25, 0.3) is 5.41 Å². The normalized spacial score (nSPS) is 7.94. The summed E-state index contributed by atoms with van der Waals surface area (Å²) in [5, 5.41) is 25.1. The Morgan fingerprint density at radius 2 is 2.00 bits per heavy atom. The van der Waals surface area contributed by atoms with E-state index in [1.165, 1.54) is 18.0 Å². The molecule has 0 spiro atoms. The molecule has 9 heteroatoms. The molecule has 17 heavy (non-hydrogen) atoms. The van der Waals surface area contributed by atoms with E-state index in [1.807, 2.05) is 0 Å². The number of rotatable bonds is 3. The van der Waals surface area contributed by atoms with Crippen molar-refractivity contribution in [2.24, 2.45) is 10.8 Å². The molecule has 0 saturated heterocycles. The van der Waals surface area contributed by atoms with Crippen LogP contribution in [0.4, 0.5) is 0 Å². The van der Waals surface area contributed by atoms with E-state index < -0.39 is 17.4 Å². The first-order valence-electron chi connectivity index (χ1n) is 3.93. The second kappa shape index (κ2) is 13.4. The van der Waals surface area contributed by atoms with Crippen LogP contribution >= 0.6 is 0 Å². The largest absolute Gasteiger partial charge is 0.761 e. The van der Waals surface area contributed by atoms with Crippen molar-refractivity contribution in [2.75, 3.05) is 6.61 Å². The van der Waals surface area contributed by atoms with E-state index in [-0.39, 0.29) is 12.1 Å². The third-order valence-electron chi connectivity index (χ3n) is 1.01. The van der Waals surface area contributed by atoms with Gasteiger partial charge >= 0.3 is 5.97 Å². The predicted molar refractivity (Wildman–Crippen MR) is 57.9 cm³/mol. The minimum atomic E-state index is -0.946. The predicted octanol–water partition coefficient (Wildman–Crippen LogP) is -2.56.